The van der Waals surface area contributed by atoms with E-state index in [-0.39, 0.29) is 11.8 Å². The monoisotopic (exact) mass is 164 g/mol. The van der Waals surface area contributed by atoms with E-state index in [0.717, 1.165) is 0 Å². The molecule has 0 bridgehead atoms. The van der Waals surface area contributed by atoms with Crippen molar-refractivity contribution >= 4 is 11.8 Å². The van der Waals surface area contributed by atoms with Crippen molar-refractivity contribution in [3.63, 3.8) is 0 Å². The predicted octanol–water partition coefficient (Wildman–Crippen LogP) is 0.658. The summed E-state index contributed by atoms with van der Waals surface area (Å²) in [7, 11) is 0. The van der Waals surface area contributed by atoms with E-state index in [1.807, 2.05) is 6.07 Å². The van der Waals surface area contributed by atoms with E-state index >= 15 is 0 Å². The van der Waals surface area contributed by atoms with Gasteiger partial charge in [0.05, 0.1) is 12.7 Å². The number of rotatable bonds is 1. The lowest BCUT2D eigenvalue weighted by molar-refractivity contribution is -0.113. The highest BCUT2D eigenvalue weighted by molar-refractivity contribution is 6.02. The summed E-state index contributed by atoms with van der Waals surface area (Å²) in [6, 6.07) is 1.96. The Morgan fingerprint density at radius 3 is 3.17 bits per heavy atom. The third kappa shape index (κ3) is 1.70. The predicted molar refractivity (Wildman–Crippen MR) is 42.3 cm³/mol. The quantitative estimate of drug-likeness (QED) is 0.571. The van der Waals surface area contributed by atoms with Crippen LogP contribution in [-0.2, 0) is 9.53 Å². The number of dihydropyridines is 1. The summed E-state index contributed by atoms with van der Waals surface area (Å²) in [4.78, 5) is 14.3. The Hall–Kier alpha value is -1.63. The molecule has 4 heteroatoms. The molecule has 1 atom stereocenters. The summed E-state index contributed by atoms with van der Waals surface area (Å²) in [6.07, 6.45) is 2.76. The van der Waals surface area contributed by atoms with Crippen LogP contribution >= 0.6 is 0 Å². The van der Waals surface area contributed by atoms with Crippen LogP contribution in [0.5, 0.6) is 0 Å². The highest BCUT2D eigenvalue weighted by atomic mass is 16.5. The molecule has 0 saturated carbocycles. The minimum Gasteiger partial charge on any atom is -0.480 e. The van der Waals surface area contributed by atoms with Crippen molar-refractivity contribution in [3.8, 4) is 6.07 Å². The van der Waals surface area contributed by atoms with Gasteiger partial charge in [0.2, 0.25) is 5.90 Å². The summed E-state index contributed by atoms with van der Waals surface area (Å²) in [5, 5.41) is 8.60. The van der Waals surface area contributed by atoms with Crippen LogP contribution in [0.2, 0.25) is 0 Å². The summed E-state index contributed by atoms with van der Waals surface area (Å²) in [6.45, 7) is 2.19. The molecule has 1 aliphatic rings. The Labute approximate surface area is 70.2 Å². The van der Waals surface area contributed by atoms with Gasteiger partial charge in [-0.05, 0) is 6.92 Å². The first-order valence-electron chi connectivity index (χ1n) is 3.61. The topological polar surface area (TPSA) is 62.4 Å². The zero-order chi connectivity index (χ0) is 8.97. The summed E-state index contributed by atoms with van der Waals surface area (Å²) in [5.41, 5.74) is 0. The van der Waals surface area contributed by atoms with Crippen LogP contribution in [0.25, 0.3) is 0 Å². The van der Waals surface area contributed by atoms with E-state index < -0.39 is 5.92 Å². The maximum atomic E-state index is 10.7. The molecule has 0 saturated heterocycles. The zero-order valence-corrected chi connectivity index (χ0v) is 6.65. The highest BCUT2D eigenvalue weighted by Gasteiger charge is 2.18. The van der Waals surface area contributed by atoms with Crippen LogP contribution in [0.1, 0.15) is 6.92 Å². The van der Waals surface area contributed by atoms with Gasteiger partial charge in [-0.25, -0.2) is 0 Å². The molecule has 0 aliphatic carbocycles. The second-order valence-electron chi connectivity index (χ2n) is 2.19. The molecular formula is C8H8N2O2. The largest absolute Gasteiger partial charge is 0.480 e. The van der Waals surface area contributed by atoms with Gasteiger partial charge in [0.15, 0.2) is 0 Å². The number of carbonyl (C=O) groups excluding carboxylic acids is 1. The molecule has 0 spiro atoms. The summed E-state index contributed by atoms with van der Waals surface area (Å²) >= 11 is 0. The lowest BCUT2D eigenvalue weighted by Crippen LogP contribution is -2.19. The van der Waals surface area contributed by atoms with Crippen molar-refractivity contribution in [2.45, 2.75) is 6.92 Å². The number of amides is 1. The van der Waals surface area contributed by atoms with Crippen LogP contribution in [0.3, 0.4) is 0 Å². The van der Waals surface area contributed by atoms with Crippen LogP contribution in [0.15, 0.2) is 17.1 Å². The third-order valence-electron chi connectivity index (χ3n) is 1.35. The van der Waals surface area contributed by atoms with Gasteiger partial charge in [0.1, 0.15) is 5.92 Å². The fourth-order valence-electron chi connectivity index (χ4n) is 0.844. The SMILES string of the molecule is CCOC1=NC(=O)C=CC1C#N. The van der Waals surface area contributed by atoms with Gasteiger partial charge < -0.3 is 4.74 Å². The zero-order valence-electron chi connectivity index (χ0n) is 6.65. The fourth-order valence-corrected chi connectivity index (χ4v) is 0.844. The smallest absolute Gasteiger partial charge is 0.272 e. The van der Waals surface area contributed by atoms with Gasteiger partial charge in [-0.3, -0.25) is 4.79 Å². The van der Waals surface area contributed by atoms with Crippen LogP contribution in [0, 0.1) is 17.2 Å². The molecule has 0 aromatic carbocycles. The fraction of sp³-hybridized carbons (Fsp3) is 0.375. The number of carbonyl (C=O) groups is 1. The molecule has 0 aromatic rings. The Kier molecular flexibility index (Phi) is 2.59. The maximum absolute atomic E-state index is 10.7. The molecule has 1 rings (SSSR count). The van der Waals surface area contributed by atoms with Gasteiger partial charge in [-0.15, -0.1) is 0 Å². The van der Waals surface area contributed by atoms with Crippen molar-refractivity contribution in [1.29, 1.82) is 5.26 Å². The molecule has 0 fully saturated rings. The van der Waals surface area contributed by atoms with Crippen molar-refractivity contribution in [3.05, 3.63) is 12.2 Å². The first kappa shape index (κ1) is 8.47. The molecule has 1 aliphatic heterocycles. The molecule has 0 N–H and O–H groups in total. The molecule has 62 valence electrons. The summed E-state index contributed by atoms with van der Waals surface area (Å²) in [5.74, 6) is -0.680. The summed E-state index contributed by atoms with van der Waals surface area (Å²) < 4.78 is 5.01. The first-order valence-corrected chi connectivity index (χ1v) is 3.61. The number of nitriles is 1. The number of hydrogen-bond donors (Lipinski definition) is 0. The standard InChI is InChI=1S/C8H8N2O2/c1-2-12-8-6(5-9)3-4-7(11)10-8/h3-4,6H,2H2,1H3. The molecule has 1 heterocycles. The Morgan fingerprint density at radius 1 is 1.83 bits per heavy atom. The average molecular weight is 164 g/mol. The van der Waals surface area contributed by atoms with Crippen molar-refractivity contribution < 1.29 is 9.53 Å². The number of hydrogen-bond acceptors (Lipinski definition) is 3. The van der Waals surface area contributed by atoms with Gasteiger partial charge in [0.25, 0.3) is 5.91 Å². The minimum absolute atomic E-state index is 0.201. The molecule has 12 heavy (non-hydrogen) atoms. The molecule has 0 radical (unpaired) electrons. The third-order valence-corrected chi connectivity index (χ3v) is 1.35. The second-order valence-corrected chi connectivity index (χ2v) is 2.19. The average Bonchev–Trinajstić information content (AvgIpc) is 2.05. The molecule has 0 aromatic heterocycles. The second kappa shape index (κ2) is 3.67. The van der Waals surface area contributed by atoms with Crippen LogP contribution in [-0.4, -0.2) is 18.4 Å². The van der Waals surface area contributed by atoms with Crippen molar-refractivity contribution in [2.75, 3.05) is 6.61 Å². The number of aliphatic imine (C=N–C) groups is 1. The van der Waals surface area contributed by atoms with Gasteiger partial charge in [0, 0.05) is 6.08 Å². The van der Waals surface area contributed by atoms with E-state index in [1.165, 1.54) is 12.2 Å². The molecule has 1 unspecified atom stereocenters. The molecular weight excluding hydrogens is 156 g/mol. The van der Waals surface area contributed by atoms with Crippen LogP contribution < -0.4 is 0 Å². The van der Waals surface area contributed by atoms with Crippen molar-refractivity contribution in [1.82, 2.24) is 0 Å². The van der Waals surface area contributed by atoms with E-state index in [1.54, 1.807) is 6.92 Å². The number of nitrogens with zero attached hydrogens (tertiary/aromatic N) is 2. The highest BCUT2D eigenvalue weighted by Crippen LogP contribution is 2.08. The lowest BCUT2D eigenvalue weighted by atomic mass is 10.1. The van der Waals surface area contributed by atoms with Gasteiger partial charge in [-0.1, -0.05) is 6.08 Å². The Morgan fingerprint density at radius 2 is 2.58 bits per heavy atom. The van der Waals surface area contributed by atoms with E-state index in [0.29, 0.717) is 6.61 Å². The van der Waals surface area contributed by atoms with Crippen LogP contribution in [0.4, 0.5) is 0 Å². The normalized spacial score (nSPS) is 21.5. The van der Waals surface area contributed by atoms with E-state index in [2.05, 4.69) is 4.99 Å². The maximum Gasteiger partial charge on any atom is 0.272 e. The van der Waals surface area contributed by atoms with Crippen molar-refractivity contribution in [2.24, 2.45) is 10.9 Å². The minimum atomic E-state index is -0.511. The Bertz CT molecular complexity index is 286. The lowest BCUT2D eigenvalue weighted by Gasteiger charge is -2.10. The van der Waals surface area contributed by atoms with E-state index in [4.69, 9.17) is 10.00 Å². The molecule has 1 amide bonds. The Balaban J connectivity index is 2.79. The molecule has 4 nitrogen and oxygen atoms in total. The number of ether oxygens (including phenoxy) is 1. The van der Waals surface area contributed by atoms with E-state index in [9.17, 15) is 4.79 Å². The van der Waals surface area contributed by atoms with Gasteiger partial charge in [-0.2, -0.15) is 10.3 Å². The van der Waals surface area contributed by atoms with Gasteiger partial charge >= 0.3 is 0 Å². The first-order chi connectivity index (χ1) is 5.77.